The first kappa shape index (κ1) is 27.6. The fourth-order valence-electron chi connectivity index (χ4n) is 4.35. The van der Waals surface area contributed by atoms with E-state index in [4.69, 9.17) is 0 Å². The highest BCUT2D eigenvalue weighted by atomic mass is 19.3. The third kappa shape index (κ3) is 6.02. The van der Waals surface area contributed by atoms with Crippen LogP contribution in [-0.2, 0) is 6.11 Å². The van der Waals surface area contributed by atoms with Crippen molar-refractivity contribution in [1.82, 2.24) is 0 Å². The van der Waals surface area contributed by atoms with E-state index in [1.165, 1.54) is 0 Å². The van der Waals surface area contributed by atoms with Crippen molar-refractivity contribution in [1.29, 1.82) is 0 Å². The molecule has 0 amide bonds. The summed E-state index contributed by atoms with van der Waals surface area (Å²) < 4.78 is 102. The van der Waals surface area contributed by atoms with Crippen molar-refractivity contribution in [3.05, 3.63) is 88.7 Å². The highest BCUT2D eigenvalue weighted by Gasteiger charge is 2.41. The molecule has 0 saturated heterocycles. The molecule has 8 heteroatoms. The van der Waals surface area contributed by atoms with Crippen molar-refractivity contribution in [2.75, 3.05) is 0 Å². The highest BCUT2D eigenvalue weighted by Crippen LogP contribution is 2.39. The van der Waals surface area contributed by atoms with Gasteiger partial charge >= 0.3 is 6.11 Å². The van der Waals surface area contributed by atoms with Gasteiger partial charge in [0.05, 0.1) is 0 Å². The first-order valence-corrected chi connectivity index (χ1v) is 11.9. The zero-order valence-corrected chi connectivity index (χ0v) is 20.2. The summed E-state index contributed by atoms with van der Waals surface area (Å²) in [4.78, 5) is 0. The van der Waals surface area contributed by atoms with E-state index in [0.29, 0.717) is 17.4 Å². The van der Waals surface area contributed by atoms with Gasteiger partial charge in [-0.15, -0.1) is 0 Å². The molecule has 0 N–H and O–H groups in total. The molecule has 0 radical (unpaired) electrons. The maximum atomic E-state index is 14.6. The van der Waals surface area contributed by atoms with Crippen LogP contribution in [0.25, 0.3) is 11.1 Å². The summed E-state index contributed by atoms with van der Waals surface area (Å²) in [5, 5.41) is 0. The molecule has 0 aromatic heterocycles. The maximum absolute atomic E-state index is 14.6. The van der Waals surface area contributed by atoms with Crippen LogP contribution in [0.1, 0.15) is 63.5 Å². The summed E-state index contributed by atoms with van der Waals surface area (Å²) in [5.74, 6) is -8.68. The lowest BCUT2D eigenvalue weighted by molar-refractivity contribution is -0.189. The second-order valence-corrected chi connectivity index (χ2v) is 8.71. The summed E-state index contributed by atoms with van der Waals surface area (Å²) in [5.41, 5.74) is -0.136. The Kier molecular flexibility index (Phi) is 8.69. The van der Waals surface area contributed by atoms with Crippen LogP contribution in [0.3, 0.4) is 0 Å². The zero-order valence-electron chi connectivity index (χ0n) is 20.2. The third-order valence-corrected chi connectivity index (χ3v) is 6.27. The van der Waals surface area contributed by atoms with E-state index in [1.54, 1.807) is 12.1 Å². The van der Waals surface area contributed by atoms with Gasteiger partial charge in [-0.2, -0.15) is 8.78 Å². The van der Waals surface area contributed by atoms with Crippen molar-refractivity contribution in [3.8, 4) is 16.9 Å². The predicted octanol–water partition coefficient (Wildman–Crippen LogP) is 9.50. The first-order valence-electron chi connectivity index (χ1n) is 11.9. The quantitative estimate of drug-likeness (QED) is 0.244. The van der Waals surface area contributed by atoms with Crippen LogP contribution in [0.5, 0.6) is 5.75 Å². The number of rotatable bonds is 5. The Balaban J connectivity index is 0.00000176. The van der Waals surface area contributed by atoms with Crippen LogP contribution in [0.4, 0.5) is 30.7 Å². The van der Waals surface area contributed by atoms with Crippen LogP contribution in [0, 0.1) is 35.0 Å². The first-order chi connectivity index (χ1) is 17.0. The number of ether oxygens (including phenoxy) is 1. The predicted molar refractivity (Wildman–Crippen MR) is 124 cm³/mol. The molecule has 0 bridgehead atoms. The molecule has 1 aliphatic rings. The second-order valence-electron chi connectivity index (χ2n) is 8.71. The van der Waals surface area contributed by atoms with Gasteiger partial charge in [0.1, 0.15) is 22.9 Å². The van der Waals surface area contributed by atoms with E-state index in [9.17, 15) is 30.7 Å². The molecule has 36 heavy (non-hydrogen) atoms. The Labute approximate surface area is 205 Å². The van der Waals surface area contributed by atoms with Crippen molar-refractivity contribution >= 4 is 0 Å². The molecular formula is C28H27F7O. The Hall–Kier alpha value is -3.03. The minimum Gasteiger partial charge on any atom is -0.429 e. The molecule has 1 fully saturated rings. The number of hydrogen-bond donors (Lipinski definition) is 0. The number of hydrogen-bond acceptors (Lipinski definition) is 1. The van der Waals surface area contributed by atoms with Gasteiger partial charge in [-0.1, -0.05) is 57.9 Å². The molecule has 194 valence electrons. The Bertz CT molecular complexity index is 1140. The average Bonchev–Trinajstić information content (AvgIpc) is 2.83. The normalized spacial score (nSPS) is 17.8. The smallest absolute Gasteiger partial charge is 0.429 e. The van der Waals surface area contributed by atoms with Crippen molar-refractivity contribution in [3.63, 3.8) is 0 Å². The molecule has 3 aromatic carbocycles. The lowest BCUT2D eigenvalue weighted by atomic mass is 9.79. The van der Waals surface area contributed by atoms with E-state index in [2.05, 4.69) is 11.7 Å². The Morgan fingerprint density at radius 1 is 0.694 bits per heavy atom. The van der Waals surface area contributed by atoms with Crippen molar-refractivity contribution < 1.29 is 35.5 Å². The molecule has 4 rings (SSSR count). The molecular weight excluding hydrogens is 485 g/mol. The SMILES string of the molecule is CC.CC1CCC(c2ccc(-c3cc(F)c(C(F)(F)Oc4cc(F)c(F)c(F)c4)c(F)c3)cc2)CC1. The van der Waals surface area contributed by atoms with Crippen LogP contribution >= 0.6 is 0 Å². The van der Waals surface area contributed by atoms with Crippen molar-refractivity contribution in [2.24, 2.45) is 5.92 Å². The molecule has 0 spiro atoms. The largest absolute Gasteiger partial charge is 0.432 e. The fourth-order valence-corrected chi connectivity index (χ4v) is 4.35. The molecule has 3 aromatic rings. The van der Waals surface area contributed by atoms with Gasteiger partial charge in [0, 0.05) is 12.1 Å². The van der Waals surface area contributed by atoms with E-state index < -0.39 is 46.5 Å². The molecule has 1 aliphatic carbocycles. The van der Waals surface area contributed by atoms with Crippen molar-refractivity contribution in [2.45, 2.75) is 58.5 Å². The molecule has 0 aliphatic heterocycles. The third-order valence-electron chi connectivity index (χ3n) is 6.27. The summed E-state index contributed by atoms with van der Waals surface area (Å²) in [6.45, 7) is 6.22. The molecule has 1 nitrogen and oxygen atoms in total. The molecule has 0 unspecified atom stereocenters. The van der Waals surface area contributed by atoms with E-state index in [-0.39, 0.29) is 17.7 Å². The van der Waals surface area contributed by atoms with Crippen LogP contribution in [-0.4, -0.2) is 0 Å². The van der Waals surface area contributed by atoms with Crippen LogP contribution in [0.2, 0.25) is 0 Å². The molecule has 1 saturated carbocycles. The number of alkyl halides is 2. The topological polar surface area (TPSA) is 9.23 Å². The summed E-state index contributed by atoms with van der Waals surface area (Å²) in [7, 11) is 0. The van der Waals surface area contributed by atoms with Gasteiger partial charge in [-0.25, -0.2) is 22.0 Å². The van der Waals surface area contributed by atoms with Gasteiger partial charge in [-0.3, -0.25) is 0 Å². The standard InChI is InChI=1S/C26H21F7O.C2H6/c1-14-2-4-15(5-3-14)16-6-8-17(9-7-16)18-10-20(27)24(21(28)11-18)26(32,33)34-19-12-22(29)25(31)23(30)13-19;1-2/h6-15H,2-5H2,1H3;1-2H3. The van der Waals surface area contributed by atoms with Crippen LogP contribution < -0.4 is 4.74 Å². The number of halogens is 7. The van der Waals surface area contributed by atoms with Crippen LogP contribution in [0.15, 0.2) is 48.5 Å². The zero-order chi connectivity index (χ0) is 26.6. The van der Waals surface area contributed by atoms with Gasteiger partial charge in [0.15, 0.2) is 17.5 Å². The van der Waals surface area contributed by atoms with Gasteiger partial charge in [-0.05, 0) is 53.5 Å². The number of benzene rings is 3. The summed E-state index contributed by atoms with van der Waals surface area (Å²) in [6.07, 6.45) is -0.216. The Morgan fingerprint density at radius 2 is 1.19 bits per heavy atom. The summed E-state index contributed by atoms with van der Waals surface area (Å²) >= 11 is 0. The summed E-state index contributed by atoms with van der Waals surface area (Å²) in [6, 6.07) is 8.89. The monoisotopic (exact) mass is 512 g/mol. The molecule has 0 atom stereocenters. The lowest BCUT2D eigenvalue weighted by Crippen LogP contribution is -2.25. The molecule has 0 heterocycles. The highest BCUT2D eigenvalue weighted by molar-refractivity contribution is 5.64. The average molecular weight is 513 g/mol. The van der Waals surface area contributed by atoms with Gasteiger partial charge in [0.2, 0.25) is 0 Å². The van der Waals surface area contributed by atoms with E-state index >= 15 is 0 Å². The van der Waals surface area contributed by atoms with E-state index in [1.807, 2.05) is 26.0 Å². The minimum absolute atomic E-state index is 0.0391. The minimum atomic E-state index is -4.62. The van der Waals surface area contributed by atoms with E-state index in [0.717, 1.165) is 43.4 Å². The Morgan fingerprint density at radius 3 is 1.69 bits per heavy atom. The fraction of sp³-hybridized carbons (Fsp3) is 0.357. The van der Waals surface area contributed by atoms with Gasteiger partial charge < -0.3 is 4.74 Å². The second kappa shape index (κ2) is 11.4. The lowest BCUT2D eigenvalue weighted by Gasteiger charge is -2.26. The maximum Gasteiger partial charge on any atom is 0.432 e. The van der Waals surface area contributed by atoms with Gasteiger partial charge in [0.25, 0.3) is 0 Å².